The maximum Gasteiger partial charge on any atom is 0.390 e. The minimum atomic E-state index is -4.15. The first-order valence-corrected chi connectivity index (χ1v) is 7.02. The van der Waals surface area contributed by atoms with Crippen LogP contribution in [0.3, 0.4) is 0 Å². The van der Waals surface area contributed by atoms with Gasteiger partial charge >= 0.3 is 6.18 Å². The summed E-state index contributed by atoms with van der Waals surface area (Å²) in [5, 5.41) is 5.83. The molecule has 1 aliphatic rings. The number of guanidine groups is 1. The van der Waals surface area contributed by atoms with Crippen molar-refractivity contribution in [2.24, 2.45) is 4.99 Å². The summed E-state index contributed by atoms with van der Waals surface area (Å²) in [5.41, 5.74) is 1.37. The van der Waals surface area contributed by atoms with Gasteiger partial charge in [-0.15, -0.1) is 0 Å². The van der Waals surface area contributed by atoms with Gasteiger partial charge in [-0.3, -0.25) is 4.99 Å². The molecular formula is C15H20F3N3. The van der Waals surface area contributed by atoms with E-state index in [4.69, 9.17) is 0 Å². The van der Waals surface area contributed by atoms with E-state index in [0.29, 0.717) is 12.5 Å². The van der Waals surface area contributed by atoms with Crippen LogP contribution >= 0.6 is 0 Å². The number of nitrogens with zero attached hydrogens (tertiary/aromatic N) is 1. The maximum absolute atomic E-state index is 12.1. The van der Waals surface area contributed by atoms with Crippen LogP contribution in [-0.4, -0.2) is 32.3 Å². The van der Waals surface area contributed by atoms with Crippen LogP contribution in [0.5, 0.6) is 0 Å². The van der Waals surface area contributed by atoms with Crippen LogP contribution in [0.1, 0.15) is 24.8 Å². The molecular weight excluding hydrogens is 279 g/mol. The van der Waals surface area contributed by atoms with Crippen molar-refractivity contribution in [3.63, 3.8) is 0 Å². The minimum absolute atomic E-state index is 0.100. The lowest BCUT2D eigenvalue weighted by atomic mass is 9.96. The second-order valence-corrected chi connectivity index (χ2v) is 5.36. The minimum Gasteiger partial charge on any atom is -0.356 e. The van der Waals surface area contributed by atoms with Crippen LogP contribution in [0.4, 0.5) is 13.2 Å². The molecule has 6 heteroatoms. The van der Waals surface area contributed by atoms with Gasteiger partial charge in [-0.2, -0.15) is 13.2 Å². The highest BCUT2D eigenvalue weighted by molar-refractivity contribution is 5.79. The highest BCUT2D eigenvalue weighted by atomic mass is 19.4. The molecule has 1 saturated carbocycles. The van der Waals surface area contributed by atoms with Gasteiger partial charge in [-0.25, -0.2) is 0 Å². The van der Waals surface area contributed by atoms with E-state index in [9.17, 15) is 13.2 Å². The predicted molar refractivity (Wildman–Crippen MR) is 77.4 cm³/mol. The first-order chi connectivity index (χ1) is 9.95. The van der Waals surface area contributed by atoms with Crippen LogP contribution in [0.15, 0.2) is 35.3 Å². The molecule has 0 aliphatic heterocycles. The van der Waals surface area contributed by atoms with E-state index < -0.39 is 12.6 Å². The zero-order chi connectivity index (χ0) is 15.3. The molecule has 0 amide bonds. The molecule has 3 nitrogen and oxygen atoms in total. The SMILES string of the molecule is CN=C(NCCC(F)(F)F)NCC1(c2ccccc2)CC1. The Morgan fingerprint density at radius 1 is 1.19 bits per heavy atom. The van der Waals surface area contributed by atoms with Gasteiger partial charge in [-0.1, -0.05) is 30.3 Å². The number of aliphatic imine (C=N–C) groups is 1. The molecule has 0 saturated heterocycles. The predicted octanol–water partition coefficient (Wildman–Crippen LogP) is 2.84. The number of hydrogen-bond acceptors (Lipinski definition) is 1. The van der Waals surface area contributed by atoms with E-state index >= 15 is 0 Å². The maximum atomic E-state index is 12.1. The molecule has 1 fully saturated rings. The van der Waals surface area contributed by atoms with E-state index in [-0.39, 0.29) is 12.0 Å². The summed E-state index contributed by atoms with van der Waals surface area (Å²) < 4.78 is 36.3. The molecule has 116 valence electrons. The summed E-state index contributed by atoms with van der Waals surface area (Å²) >= 11 is 0. The molecule has 1 aromatic carbocycles. The zero-order valence-electron chi connectivity index (χ0n) is 12.0. The Hall–Kier alpha value is -1.72. The fraction of sp³-hybridized carbons (Fsp3) is 0.533. The van der Waals surface area contributed by atoms with Crippen molar-refractivity contribution in [2.75, 3.05) is 20.1 Å². The molecule has 0 heterocycles. The second kappa shape index (κ2) is 6.37. The third kappa shape index (κ3) is 4.65. The molecule has 2 rings (SSSR count). The smallest absolute Gasteiger partial charge is 0.356 e. The van der Waals surface area contributed by atoms with Gasteiger partial charge in [0.1, 0.15) is 0 Å². The Labute approximate surface area is 122 Å². The number of alkyl halides is 3. The summed E-state index contributed by atoms with van der Waals surface area (Å²) in [6.45, 7) is 0.518. The Kier molecular flexibility index (Phi) is 4.75. The van der Waals surface area contributed by atoms with Crippen molar-refractivity contribution in [1.29, 1.82) is 0 Å². The van der Waals surface area contributed by atoms with Crippen LogP contribution < -0.4 is 10.6 Å². The van der Waals surface area contributed by atoms with Gasteiger partial charge in [-0.05, 0) is 18.4 Å². The van der Waals surface area contributed by atoms with E-state index in [1.807, 2.05) is 18.2 Å². The van der Waals surface area contributed by atoms with E-state index in [1.54, 1.807) is 7.05 Å². The first-order valence-electron chi connectivity index (χ1n) is 7.02. The van der Waals surface area contributed by atoms with E-state index in [1.165, 1.54) is 5.56 Å². The van der Waals surface area contributed by atoms with Crippen molar-refractivity contribution in [1.82, 2.24) is 10.6 Å². The Balaban J connectivity index is 1.81. The molecule has 1 aromatic rings. The van der Waals surface area contributed by atoms with Crippen LogP contribution in [0.25, 0.3) is 0 Å². The second-order valence-electron chi connectivity index (χ2n) is 5.36. The average Bonchev–Trinajstić information content (AvgIpc) is 3.23. The zero-order valence-corrected chi connectivity index (χ0v) is 12.0. The van der Waals surface area contributed by atoms with Crippen LogP contribution in [0.2, 0.25) is 0 Å². The summed E-state index contributed by atoms with van der Waals surface area (Å²) in [5.74, 6) is 0.418. The summed E-state index contributed by atoms with van der Waals surface area (Å²) in [6.07, 6.45) is -2.84. The normalized spacial score (nSPS) is 17.4. The number of benzene rings is 1. The molecule has 1 aliphatic carbocycles. The third-order valence-corrected chi connectivity index (χ3v) is 3.76. The lowest BCUT2D eigenvalue weighted by Gasteiger charge is -2.19. The quantitative estimate of drug-likeness (QED) is 0.648. The number of nitrogens with one attached hydrogen (secondary N) is 2. The highest BCUT2D eigenvalue weighted by Crippen LogP contribution is 2.47. The summed E-state index contributed by atoms with van der Waals surface area (Å²) in [7, 11) is 1.56. The topological polar surface area (TPSA) is 36.4 Å². The molecule has 0 radical (unpaired) electrons. The number of hydrogen-bond donors (Lipinski definition) is 2. The molecule has 0 spiro atoms. The first kappa shape index (κ1) is 15.7. The van der Waals surface area contributed by atoms with Crippen molar-refractivity contribution in [3.05, 3.63) is 35.9 Å². The third-order valence-electron chi connectivity index (χ3n) is 3.76. The standard InChI is InChI=1S/C15H20F3N3/c1-19-13(20-10-9-15(16,17)18)21-11-14(7-8-14)12-5-3-2-4-6-12/h2-6H,7-11H2,1H3,(H2,19,20,21). The Bertz CT molecular complexity index is 479. The largest absolute Gasteiger partial charge is 0.390 e. The molecule has 0 atom stereocenters. The molecule has 0 unspecified atom stereocenters. The fourth-order valence-corrected chi connectivity index (χ4v) is 2.31. The van der Waals surface area contributed by atoms with Gasteiger partial charge in [0.15, 0.2) is 5.96 Å². The van der Waals surface area contributed by atoms with Crippen molar-refractivity contribution in [2.45, 2.75) is 30.9 Å². The van der Waals surface area contributed by atoms with Crippen molar-refractivity contribution in [3.8, 4) is 0 Å². The lowest BCUT2D eigenvalue weighted by molar-refractivity contribution is -0.132. The molecule has 2 N–H and O–H groups in total. The lowest BCUT2D eigenvalue weighted by Crippen LogP contribution is -2.42. The van der Waals surface area contributed by atoms with Crippen molar-refractivity contribution < 1.29 is 13.2 Å². The van der Waals surface area contributed by atoms with Gasteiger partial charge < -0.3 is 10.6 Å². The Morgan fingerprint density at radius 2 is 1.86 bits per heavy atom. The highest BCUT2D eigenvalue weighted by Gasteiger charge is 2.44. The molecule has 21 heavy (non-hydrogen) atoms. The Morgan fingerprint density at radius 3 is 2.38 bits per heavy atom. The van der Waals surface area contributed by atoms with Gasteiger partial charge in [0.2, 0.25) is 0 Å². The number of rotatable bonds is 5. The van der Waals surface area contributed by atoms with Crippen LogP contribution in [-0.2, 0) is 5.41 Å². The van der Waals surface area contributed by atoms with E-state index in [2.05, 4.69) is 27.8 Å². The molecule has 0 bridgehead atoms. The average molecular weight is 299 g/mol. The van der Waals surface area contributed by atoms with Gasteiger partial charge in [0.05, 0.1) is 6.42 Å². The van der Waals surface area contributed by atoms with Gasteiger partial charge in [0.25, 0.3) is 0 Å². The van der Waals surface area contributed by atoms with Crippen LogP contribution in [0, 0.1) is 0 Å². The van der Waals surface area contributed by atoms with Crippen molar-refractivity contribution >= 4 is 5.96 Å². The summed E-state index contributed by atoms with van der Waals surface area (Å²) in [4.78, 5) is 3.96. The summed E-state index contributed by atoms with van der Waals surface area (Å²) in [6, 6.07) is 10.2. The fourth-order valence-electron chi connectivity index (χ4n) is 2.31. The monoisotopic (exact) mass is 299 g/mol. The van der Waals surface area contributed by atoms with Gasteiger partial charge in [0, 0.05) is 25.6 Å². The van der Waals surface area contributed by atoms with E-state index in [0.717, 1.165) is 12.8 Å². The molecule has 0 aromatic heterocycles. The number of halogens is 3.